The topological polar surface area (TPSA) is 62.3 Å². The molecule has 1 N–H and O–H groups in total. The van der Waals surface area contributed by atoms with Crippen molar-refractivity contribution in [1.82, 2.24) is 14.6 Å². The maximum atomic E-state index is 12.3. The molecule has 0 amide bonds. The fourth-order valence-corrected chi connectivity index (χ4v) is 4.42. The van der Waals surface area contributed by atoms with Crippen LogP contribution in [0.1, 0.15) is 18.4 Å². The van der Waals surface area contributed by atoms with Crippen LogP contribution in [0.3, 0.4) is 0 Å². The minimum Gasteiger partial charge on any atom is -0.299 e. The predicted octanol–water partition coefficient (Wildman–Crippen LogP) is 3.58. The summed E-state index contributed by atoms with van der Waals surface area (Å²) in [5, 5.41) is 1.06. The number of pyridine rings is 1. The van der Waals surface area contributed by atoms with Crippen LogP contribution in [-0.4, -0.2) is 37.9 Å². The third-order valence-electron chi connectivity index (χ3n) is 4.63. The minimum atomic E-state index is -3.55. The highest BCUT2D eigenvalue weighted by atomic mass is 35.5. The largest absolute Gasteiger partial charge is 0.299 e. The summed E-state index contributed by atoms with van der Waals surface area (Å²) >= 11 is 11.9. The maximum absolute atomic E-state index is 12.3. The highest BCUT2D eigenvalue weighted by Gasteiger charge is 2.22. The van der Waals surface area contributed by atoms with E-state index in [1.165, 1.54) is 18.3 Å². The van der Waals surface area contributed by atoms with Crippen LogP contribution in [0, 0.1) is 5.92 Å². The first-order valence-electron chi connectivity index (χ1n) is 8.51. The molecule has 0 atom stereocenters. The summed E-state index contributed by atoms with van der Waals surface area (Å²) in [6.07, 6.45) is 3.18. The fourth-order valence-electron chi connectivity index (χ4n) is 3.05. The standard InChI is InChI=1S/C18H21Cl2N3O2S/c19-17-4-2-1-3-15(17)13-23-9-7-14(8-10-23)11-22-26(24,25)16-5-6-18(20)21-12-16/h1-6,12,14,22H,7-11,13H2. The number of hydrogen-bond acceptors (Lipinski definition) is 4. The molecule has 0 bridgehead atoms. The zero-order chi connectivity index (χ0) is 18.6. The van der Waals surface area contributed by atoms with E-state index in [-0.39, 0.29) is 10.0 Å². The van der Waals surface area contributed by atoms with Crippen LogP contribution >= 0.6 is 23.2 Å². The van der Waals surface area contributed by atoms with Gasteiger partial charge in [-0.15, -0.1) is 0 Å². The molecule has 1 aromatic carbocycles. The Morgan fingerprint density at radius 3 is 2.50 bits per heavy atom. The van der Waals surface area contributed by atoms with Crippen molar-refractivity contribution in [2.24, 2.45) is 5.92 Å². The molecule has 0 aliphatic carbocycles. The van der Waals surface area contributed by atoms with Gasteiger partial charge in [-0.3, -0.25) is 4.90 Å². The molecule has 0 saturated carbocycles. The van der Waals surface area contributed by atoms with Crippen LogP contribution in [0.4, 0.5) is 0 Å². The van der Waals surface area contributed by atoms with Crippen LogP contribution in [0.15, 0.2) is 47.5 Å². The molecule has 1 aromatic heterocycles. The normalized spacial score (nSPS) is 16.7. The summed E-state index contributed by atoms with van der Waals surface area (Å²) in [6, 6.07) is 10.8. The SMILES string of the molecule is O=S(=O)(NCC1CCN(Cc2ccccc2Cl)CC1)c1ccc(Cl)nc1. The van der Waals surface area contributed by atoms with Gasteiger partial charge in [0.05, 0.1) is 0 Å². The number of nitrogens with one attached hydrogen (secondary N) is 1. The highest BCUT2D eigenvalue weighted by Crippen LogP contribution is 2.22. The van der Waals surface area contributed by atoms with Gasteiger partial charge >= 0.3 is 0 Å². The van der Waals surface area contributed by atoms with Crippen molar-refractivity contribution in [1.29, 1.82) is 0 Å². The molecular formula is C18H21Cl2N3O2S. The molecule has 140 valence electrons. The number of rotatable bonds is 6. The van der Waals surface area contributed by atoms with Crippen molar-refractivity contribution in [3.63, 3.8) is 0 Å². The third-order valence-corrected chi connectivity index (χ3v) is 6.63. The molecule has 3 rings (SSSR count). The van der Waals surface area contributed by atoms with E-state index in [9.17, 15) is 8.42 Å². The smallest absolute Gasteiger partial charge is 0.242 e. The lowest BCUT2D eigenvalue weighted by Crippen LogP contribution is -2.38. The number of likely N-dealkylation sites (tertiary alicyclic amines) is 1. The molecule has 1 fully saturated rings. The van der Waals surface area contributed by atoms with Crippen molar-refractivity contribution < 1.29 is 8.42 Å². The van der Waals surface area contributed by atoms with E-state index in [4.69, 9.17) is 23.2 Å². The van der Waals surface area contributed by atoms with Gasteiger partial charge in [0.2, 0.25) is 10.0 Å². The van der Waals surface area contributed by atoms with E-state index in [0.29, 0.717) is 12.5 Å². The number of aromatic nitrogens is 1. The molecule has 1 aliphatic heterocycles. The molecule has 1 saturated heterocycles. The first-order valence-corrected chi connectivity index (χ1v) is 10.7. The molecular weight excluding hydrogens is 393 g/mol. The second kappa shape index (κ2) is 8.67. The summed E-state index contributed by atoms with van der Waals surface area (Å²) in [5.41, 5.74) is 1.13. The molecule has 8 heteroatoms. The molecule has 26 heavy (non-hydrogen) atoms. The summed E-state index contributed by atoms with van der Waals surface area (Å²) < 4.78 is 27.3. The number of sulfonamides is 1. The first-order chi connectivity index (χ1) is 12.4. The van der Waals surface area contributed by atoms with Gasteiger partial charge in [0, 0.05) is 24.3 Å². The van der Waals surface area contributed by atoms with Crippen molar-refractivity contribution in [2.75, 3.05) is 19.6 Å². The Kier molecular flexibility index (Phi) is 6.53. The highest BCUT2D eigenvalue weighted by molar-refractivity contribution is 7.89. The van der Waals surface area contributed by atoms with Crippen LogP contribution in [0.5, 0.6) is 0 Å². The maximum Gasteiger partial charge on any atom is 0.242 e. The van der Waals surface area contributed by atoms with E-state index in [2.05, 4.69) is 14.6 Å². The quantitative estimate of drug-likeness (QED) is 0.734. The molecule has 0 spiro atoms. The Labute approximate surface area is 164 Å². The van der Waals surface area contributed by atoms with Crippen molar-refractivity contribution >= 4 is 33.2 Å². The zero-order valence-corrected chi connectivity index (χ0v) is 16.6. The van der Waals surface area contributed by atoms with Crippen molar-refractivity contribution in [3.05, 3.63) is 58.3 Å². The third kappa shape index (κ3) is 5.18. The number of hydrogen-bond donors (Lipinski definition) is 1. The molecule has 2 heterocycles. The molecule has 5 nitrogen and oxygen atoms in total. The molecule has 0 unspecified atom stereocenters. The molecule has 2 aromatic rings. The number of nitrogens with zero attached hydrogens (tertiary/aromatic N) is 2. The Morgan fingerprint density at radius 1 is 1.12 bits per heavy atom. The van der Waals surface area contributed by atoms with Gasteiger partial charge in [-0.2, -0.15) is 0 Å². The van der Waals surface area contributed by atoms with Gasteiger partial charge < -0.3 is 0 Å². The Balaban J connectivity index is 1.48. The predicted molar refractivity (Wildman–Crippen MR) is 104 cm³/mol. The van der Waals surface area contributed by atoms with E-state index in [0.717, 1.165) is 43.1 Å². The van der Waals surface area contributed by atoms with Gasteiger partial charge in [0.1, 0.15) is 10.0 Å². The number of halogens is 2. The Bertz CT molecular complexity index is 836. The average Bonchev–Trinajstić information content (AvgIpc) is 2.63. The minimum absolute atomic E-state index is 0.137. The summed E-state index contributed by atoms with van der Waals surface area (Å²) in [4.78, 5) is 6.32. The lowest BCUT2D eigenvalue weighted by atomic mass is 9.97. The van der Waals surface area contributed by atoms with Gasteiger partial charge in [-0.1, -0.05) is 41.4 Å². The van der Waals surface area contributed by atoms with Gasteiger partial charge in [0.25, 0.3) is 0 Å². The van der Waals surface area contributed by atoms with E-state index in [1.54, 1.807) is 0 Å². The zero-order valence-electron chi connectivity index (χ0n) is 14.2. The van der Waals surface area contributed by atoms with Crippen LogP contribution in [0.2, 0.25) is 10.2 Å². The van der Waals surface area contributed by atoms with E-state index < -0.39 is 10.0 Å². The lowest BCUT2D eigenvalue weighted by molar-refractivity contribution is 0.178. The Morgan fingerprint density at radius 2 is 1.85 bits per heavy atom. The number of piperidine rings is 1. The second-order valence-corrected chi connectivity index (χ2v) is 9.04. The van der Waals surface area contributed by atoms with Crippen molar-refractivity contribution in [3.8, 4) is 0 Å². The van der Waals surface area contributed by atoms with Crippen LogP contribution in [-0.2, 0) is 16.6 Å². The van der Waals surface area contributed by atoms with Crippen LogP contribution < -0.4 is 4.72 Å². The number of benzene rings is 1. The monoisotopic (exact) mass is 413 g/mol. The fraction of sp³-hybridized carbons (Fsp3) is 0.389. The van der Waals surface area contributed by atoms with Gasteiger partial charge in [0.15, 0.2) is 0 Å². The van der Waals surface area contributed by atoms with Gasteiger partial charge in [-0.05, 0) is 55.6 Å². The van der Waals surface area contributed by atoms with E-state index in [1.807, 2.05) is 24.3 Å². The second-order valence-electron chi connectivity index (χ2n) is 6.48. The first kappa shape index (κ1) is 19.6. The summed E-state index contributed by atoms with van der Waals surface area (Å²) in [6.45, 7) is 3.12. The van der Waals surface area contributed by atoms with Crippen molar-refractivity contribution in [2.45, 2.75) is 24.3 Å². The Hall–Kier alpha value is -1.18. The summed E-state index contributed by atoms with van der Waals surface area (Å²) in [5.74, 6) is 0.326. The molecule has 1 aliphatic rings. The average molecular weight is 414 g/mol. The van der Waals surface area contributed by atoms with E-state index >= 15 is 0 Å². The summed E-state index contributed by atoms with van der Waals surface area (Å²) in [7, 11) is -3.55. The van der Waals surface area contributed by atoms with Crippen LogP contribution in [0.25, 0.3) is 0 Å². The lowest BCUT2D eigenvalue weighted by Gasteiger charge is -2.32. The molecule has 0 radical (unpaired) electrons. The van der Waals surface area contributed by atoms with Gasteiger partial charge in [-0.25, -0.2) is 18.1 Å².